The highest BCUT2D eigenvalue weighted by Gasteiger charge is 2.31. The molecule has 0 aliphatic carbocycles. The molecule has 0 fully saturated rings. The molecule has 0 spiro atoms. The minimum atomic E-state index is -4.35. The fourth-order valence-electron chi connectivity index (χ4n) is 2.61. The van der Waals surface area contributed by atoms with Crippen molar-refractivity contribution in [3.63, 3.8) is 0 Å². The van der Waals surface area contributed by atoms with Gasteiger partial charge in [-0.3, -0.25) is 0 Å². The number of aromatic amines is 2. The number of nitrogens with zero attached hydrogens (tertiary/aromatic N) is 2. The third-order valence-corrected chi connectivity index (χ3v) is 5.08. The number of hydrogen-bond acceptors (Lipinski definition) is 4. The lowest BCUT2D eigenvalue weighted by atomic mass is 10.2. The van der Waals surface area contributed by atoms with Gasteiger partial charge in [0.05, 0.1) is 42.7 Å². The van der Waals surface area contributed by atoms with Crippen molar-refractivity contribution in [3.8, 4) is 0 Å². The van der Waals surface area contributed by atoms with Crippen LogP contribution in [0.3, 0.4) is 0 Å². The molecule has 0 unspecified atom stereocenters. The standard InChI is InChI=1S/C11H9BrF3N3.C10H10BrN3/c12-8-1-7(11(13,14)15)2-9(3-8)17-5-10-4-16-6-18-10;11-8-2-1-3-9(4-8)13-6-10-5-12-7-14-10/h1-4,6,17H,5H2,(H,16,18);1-5,7,13H,6H2,(H,12,14). The lowest BCUT2D eigenvalue weighted by Gasteiger charge is -2.11. The minimum absolute atomic E-state index is 0.379. The first-order valence-corrected chi connectivity index (χ1v) is 10.9. The molecule has 0 saturated heterocycles. The average Bonchev–Trinajstić information content (AvgIpc) is 3.44. The van der Waals surface area contributed by atoms with E-state index in [2.05, 4.69) is 62.4 Å². The van der Waals surface area contributed by atoms with Gasteiger partial charge in [0.1, 0.15) is 0 Å². The van der Waals surface area contributed by atoms with E-state index in [0.29, 0.717) is 16.7 Å². The van der Waals surface area contributed by atoms with Crippen LogP contribution < -0.4 is 10.6 Å². The van der Waals surface area contributed by atoms with Crippen molar-refractivity contribution in [2.24, 2.45) is 0 Å². The van der Waals surface area contributed by atoms with Crippen LogP contribution in [0.4, 0.5) is 24.5 Å². The van der Waals surface area contributed by atoms with Gasteiger partial charge in [0.25, 0.3) is 0 Å². The highest BCUT2D eigenvalue weighted by Crippen LogP contribution is 2.33. The Morgan fingerprint density at radius 2 is 1.38 bits per heavy atom. The van der Waals surface area contributed by atoms with Crippen molar-refractivity contribution >= 4 is 43.2 Å². The van der Waals surface area contributed by atoms with Crippen LogP contribution >= 0.6 is 31.9 Å². The number of aromatic nitrogens is 4. The predicted molar refractivity (Wildman–Crippen MR) is 125 cm³/mol. The number of benzene rings is 2. The highest BCUT2D eigenvalue weighted by molar-refractivity contribution is 9.10. The number of anilines is 2. The molecule has 0 radical (unpaired) electrons. The molecule has 4 aromatic rings. The maximum absolute atomic E-state index is 12.6. The molecular weight excluding hydrogens is 553 g/mol. The molecular formula is C21H19Br2F3N6. The Kier molecular flexibility index (Phi) is 8.34. The summed E-state index contributed by atoms with van der Waals surface area (Å²) in [5.74, 6) is 0. The van der Waals surface area contributed by atoms with Crippen molar-refractivity contribution in [2.75, 3.05) is 10.6 Å². The van der Waals surface area contributed by atoms with Crippen molar-refractivity contribution < 1.29 is 13.2 Å². The van der Waals surface area contributed by atoms with E-state index in [-0.39, 0.29) is 0 Å². The fourth-order valence-corrected chi connectivity index (χ4v) is 3.50. The number of hydrogen-bond donors (Lipinski definition) is 4. The second-order valence-corrected chi connectivity index (χ2v) is 8.43. The van der Waals surface area contributed by atoms with Gasteiger partial charge >= 0.3 is 6.18 Å². The molecule has 11 heteroatoms. The van der Waals surface area contributed by atoms with Crippen LogP contribution in [0.5, 0.6) is 0 Å². The summed E-state index contributed by atoms with van der Waals surface area (Å²) in [6.07, 6.45) is 2.26. The molecule has 2 heterocycles. The Hall–Kier alpha value is -2.79. The van der Waals surface area contributed by atoms with Crippen molar-refractivity contribution in [1.82, 2.24) is 19.9 Å². The van der Waals surface area contributed by atoms with Crippen LogP contribution in [-0.4, -0.2) is 19.9 Å². The van der Waals surface area contributed by atoms with Crippen LogP contribution in [0.25, 0.3) is 0 Å². The maximum atomic E-state index is 12.6. The van der Waals surface area contributed by atoms with Gasteiger partial charge in [0.2, 0.25) is 0 Å². The van der Waals surface area contributed by atoms with E-state index in [9.17, 15) is 13.2 Å². The minimum Gasteiger partial charge on any atom is -0.379 e. The Bertz CT molecular complexity index is 1100. The van der Waals surface area contributed by atoms with Crippen molar-refractivity contribution in [1.29, 1.82) is 0 Å². The third kappa shape index (κ3) is 7.72. The lowest BCUT2D eigenvalue weighted by Crippen LogP contribution is -2.07. The van der Waals surface area contributed by atoms with Crippen LogP contribution in [-0.2, 0) is 19.3 Å². The van der Waals surface area contributed by atoms with E-state index < -0.39 is 11.7 Å². The summed E-state index contributed by atoms with van der Waals surface area (Å²) in [4.78, 5) is 13.7. The second-order valence-electron chi connectivity index (χ2n) is 6.60. The fraction of sp³-hybridized carbons (Fsp3) is 0.143. The molecule has 2 aromatic carbocycles. The van der Waals surface area contributed by atoms with Gasteiger partial charge in [-0.1, -0.05) is 37.9 Å². The normalized spacial score (nSPS) is 10.9. The summed E-state index contributed by atoms with van der Waals surface area (Å²) in [7, 11) is 0. The average molecular weight is 572 g/mol. The smallest absolute Gasteiger partial charge is 0.379 e. The summed E-state index contributed by atoms with van der Waals surface area (Å²) in [6.45, 7) is 1.14. The van der Waals surface area contributed by atoms with E-state index in [0.717, 1.165) is 40.2 Å². The summed E-state index contributed by atoms with van der Waals surface area (Å²) >= 11 is 6.48. The molecule has 168 valence electrons. The van der Waals surface area contributed by atoms with E-state index >= 15 is 0 Å². The summed E-state index contributed by atoms with van der Waals surface area (Å²) in [5, 5.41) is 6.19. The van der Waals surface area contributed by atoms with E-state index in [1.165, 1.54) is 6.33 Å². The summed E-state index contributed by atoms with van der Waals surface area (Å²) in [5.41, 5.74) is 2.66. The molecule has 4 N–H and O–H groups in total. The number of H-pyrrole nitrogens is 2. The van der Waals surface area contributed by atoms with E-state index in [1.54, 1.807) is 18.6 Å². The SMILES string of the molecule is Brc1cccc(NCc2cnc[nH]2)c1.FC(F)(F)c1cc(Br)cc(NCc2cnc[nH]2)c1. The number of alkyl halides is 3. The molecule has 0 bridgehead atoms. The number of halogens is 5. The van der Waals surface area contributed by atoms with Gasteiger partial charge in [-0.15, -0.1) is 0 Å². The molecule has 0 saturated carbocycles. The van der Waals surface area contributed by atoms with Crippen LogP contribution in [0.2, 0.25) is 0 Å². The highest BCUT2D eigenvalue weighted by atomic mass is 79.9. The molecule has 0 amide bonds. The molecule has 32 heavy (non-hydrogen) atoms. The van der Waals surface area contributed by atoms with Crippen LogP contribution in [0, 0.1) is 0 Å². The molecule has 0 aliphatic heterocycles. The van der Waals surface area contributed by atoms with Gasteiger partial charge in [-0.05, 0) is 36.4 Å². The Balaban J connectivity index is 0.000000186. The van der Waals surface area contributed by atoms with Crippen molar-refractivity contribution in [3.05, 3.63) is 93.4 Å². The molecule has 4 rings (SSSR count). The van der Waals surface area contributed by atoms with E-state index in [1.807, 2.05) is 30.5 Å². The van der Waals surface area contributed by atoms with Gasteiger partial charge in [-0.25, -0.2) is 9.97 Å². The summed E-state index contributed by atoms with van der Waals surface area (Å²) in [6, 6.07) is 11.8. The largest absolute Gasteiger partial charge is 0.416 e. The summed E-state index contributed by atoms with van der Waals surface area (Å²) < 4.78 is 39.2. The Labute approximate surface area is 199 Å². The second kappa shape index (κ2) is 11.2. The Morgan fingerprint density at radius 3 is 1.91 bits per heavy atom. The monoisotopic (exact) mass is 570 g/mol. The number of imidazole rings is 2. The third-order valence-electron chi connectivity index (χ3n) is 4.13. The molecule has 2 aromatic heterocycles. The first kappa shape index (κ1) is 23.9. The van der Waals surface area contributed by atoms with Crippen LogP contribution in [0.1, 0.15) is 17.0 Å². The van der Waals surface area contributed by atoms with Crippen LogP contribution in [0.15, 0.2) is 76.5 Å². The maximum Gasteiger partial charge on any atom is 0.416 e. The quantitative estimate of drug-likeness (QED) is 0.210. The number of rotatable bonds is 6. The zero-order valence-corrected chi connectivity index (χ0v) is 19.7. The van der Waals surface area contributed by atoms with Gasteiger partial charge in [-0.2, -0.15) is 13.2 Å². The first-order valence-electron chi connectivity index (χ1n) is 9.35. The predicted octanol–water partition coefficient (Wildman–Crippen LogP) is 6.59. The van der Waals surface area contributed by atoms with Crippen molar-refractivity contribution in [2.45, 2.75) is 19.3 Å². The molecule has 0 aliphatic rings. The van der Waals surface area contributed by atoms with E-state index in [4.69, 9.17) is 0 Å². The molecule has 6 nitrogen and oxygen atoms in total. The Morgan fingerprint density at radius 1 is 0.781 bits per heavy atom. The zero-order valence-electron chi connectivity index (χ0n) is 16.5. The number of nitrogens with one attached hydrogen (secondary N) is 4. The van der Waals surface area contributed by atoms with Gasteiger partial charge < -0.3 is 20.6 Å². The first-order chi connectivity index (χ1) is 15.3. The topological polar surface area (TPSA) is 81.4 Å². The molecule has 0 atom stereocenters. The van der Waals surface area contributed by atoms with Gasteiger partial charge in [0, 0.05) is 32.7 Å². The van der Waals surface area contributed by atoms with Gasteiger partial charge in [0.15, 0.2) is 0 Å². The zero-order chi connectivity index (χ0) is 23.0. The lowest BCUT2D eigenvalue weighted by molar-refractivity contribution is -0.137.